The molecular weight excluding hydrogens is 224 g/mol. The normalized spacial score (nSPS) is 12.6. The molecule has 3 nitrogen and oxygen atoms in total. The molecular formula is C15H18N2O. The van der Waals surface area contributed by atoms with E-state index < -0.39 is 0 Å². The minimum Gasteiger partial charge on any atom is -0.330 e. The van der Waals surface area contributed by atoms with Crippen LogP contribution in [-0.2, 0) is 11.2 Å². The van der Waals surface area contributed by atoms with Gasteiger partial charge < -0.3 is 5.73 Å². The summed E-state index contributed by atoms with van der Waals surface area (Å²) in [7, 11) is 0. The van der Waals surface area contributed by atoms with Crippen LogP contribution >= 0.6 is 0 Å². The second-order valence-corrected chi connectivity index (χ2v) is 4.61. The maximum Gasteiger partial charge on any atom is 0.140 e. The Kier molecular flexibility index (Phi) is 4.05. The van der Waals surface area contributed by atoms with E-state index in [-0.39, 0.29) is 11.7 Å². The SMILES string of the molecule is CC(CCN)C(=O)Cc1ccnc2ccccc12. The number of para-hydroxylation sites is 1. The lowest BCUT2D eigenvalue weighted by molar-refractivity contribution is -0.121. The van der Waals surface area contributed by atoms with Crippen molar-refractivity contribution in [3.8, 4) is 0 Å². The average molecular weight is 242 g/mol. The van der Waals surface area contributed by atoms with E-state index in [1.54, 1.807) is 6.20 Å². The van der Waals surface area contributed by atoms with Gasteiger partial charge >= 0.3 is 0 Å². The van der Waals surface area contributed by atoms with Gasteiger partial charge in [0.2, 0.25) is 0 Å². The highest BCUT2D eigenvalue weighted by molar-refractivity contribution is 5.89. The third-order valence-electron chi connectivity index (χ3n) is 3.25. The number of hydrogen-bond donors (Lipinski definition) is 1. The van der Waals surface area contributed by atoms with E-state index in [1.165, 1.54) is 0 Å². The van der Waals surface area contributed by atoms with Crippen LogP contribution in [0, 0.1) is 5.92 Å². The van der Waals surface area contributed by atoms with Crippen molar-refractivity contribution in [2.45, 2.75) is 19.8 Å². The van der Waals surface area contributed by atoms with Crippen LogP contribution in [0.4, 0.5) is 0 Å². The molecule has 0 amide bonds. The summed E-state index contributed by atoms with van der Waals surface area (Å²) in [6.45, 7) is 2.50. The minimum atomic E-state index is 0.0296. The summed E-state index contributed by atoms with van der Waals surface area (Å²) in [5.74, 6) is 0.277. The van der Waals surface area contributed by atoms with Crippen molar-refractivity contribution in [1.82, 2.24) is 4.98 Å². The van der Waals surface area contributed by atoms with Crippen LogP contribution < -0.4 is 5.73 Å². The number of fused-ring (bicyclic) bond motifs is 1. The van der Waals surface area contributed by atoms with E-state index >= 15 is 0 Å². The Labute approximate surface area is 107 Å². The number of rotatable bonds is 5. The van der Waals surface area contributed by atoms with Gasteiger partial charge in [-0.3, -0.25) is 9.78 Å². The number of Topliss-reactive ketones (excluding diaryl/α,β-unsaturated/α-hetero) is 1. The first-order valence-electron chi connectivity index (χ1n) is 6.27. The molecule has 0 fully saturated rings. The molecule has 1 heterocycles. The van der Waals surface area contributed by atoms with Crippen molar-refractivity contribution in [3.63, 3.8) is 0 Å². The molecule has 0 aliphatic rings. The van der Waals surface area contributed by atoms with Crippen molar-refractivity contribution in [3.05, 3.63) is 42.1 Å². The van der Waals surface area contributed by atoms with Crippen LogP contribution in [0.3, 0.4) is 0 Å². The van der Waals surface area contributed by atoms with Crippen LogP contribution in [-0.4, -0.2) is 17.3 Å². The smallest absolute Gasteiger partial charge is 0.140 e. The molecule has 2 aromatic rings. The lowest BCUT2D eigenvalue weighted by Gasteiger charge is -2.10. The zero-order chi connectivity index (χ0) is 13.0. The molecule has 0 bridgehead atoms. The van der Waals surface area contributed by atoms with Crippen LogP contribution in [0.15, 0.2) is 36.5 Å². The van der Waals surface area contributed by atoms with Crippen LogP contribution in [0.25, 0.3) is 10.9 Å². The fourth-order valence-corrected chi connectivity index (χ4v) is 2.08. The van der Waals surface area contributed by atoms with Crippen molar-refractivity contribution < 1.29 is 4.79 Å². The number of carbonyl (C=O) groups is 1. The number of benzene rings is 1. The maximum atomic E-state index is 12.1. The van der Waals surface area contributed by atoms with Gasteiger partial charge in [-0.1, -0.05) is 25.1 Å². The van der Waals surface area contributed by atoms with E-state index in [2.05, 4.69) is 4.98 Å². The van der Waals surface area contributed by atoms with Crippen LogP contribution in [0.5, 0.6) is 0 Å². The molecule has 1 unspecified atom stereocenters. The van der Waals surface area contributed by atoms with E-state index in [0.29, 0.717) is 13.0 Å². The Hall–Kier alpha value is -1.74. The zero-order valence-corrected chi connectivity index (χ0v) is 10.6. The molecule has 0 aliphatic carbocycles. The summed E-state index contributed by atoms with van der Waals surface area (Å²) >= 11 is 0. The quantitative estimate of drug-likeness (QED) is 0.875. The summed E-state index contributed by atoms with van der Waals surface area (Å²) in [5, 5.41) is 1.06. The topological polar surface area (TPSA) is 56.0 Å². The van der Waals surface area contributed by atoms with Gasteiger partial charge in [0.25, 0.3) is 0 Å². The molecule has 0 saturated heterocycles. The summed E-state index contributed by atoms with van der Waals surface area (Å²) in [5.41, 5.74) is 7.48. The van der Waals surface area contributed by atoms with Gasteiger partial charge in [-0.2, -0.15) is 0 Å². The second-order valence-electron chi connectivity index (χ2n) is 4.61. The Morgan fingerprint density at radius 1 is 1.33 bits per heavy atom. The van der Waals surface area contributed by atoms with Crippen molar-refractivity contribution >= 4 is 16.7 Å². The zero-order valence-electron chi connectivity index (χ0n) is 10.6. The highest BCUT2D eigenvalue weighted by atomic mass is 16.1. The monoisotopic (exact) mass is 242 g/mol. The average Bonchev–Trinajstić information content (AvgIpc) is 2.39. The second kappa shape index (κ2) is 5.74. The van der Waals surface area contributed by atoms with Gasteiger partial charge in [0.05, 0.1) is 5.52 Å². The summed E-state index contributed by atoms with van der Waals surface area (Å²) in [4.78, 5) is 16.4. The van der Waals surface area contributed by atoms with Gasteiger partial charge in [-0.15, -0.1) is 0 Å². The lowest BCUT2D eigenvalue weighted by atomic mass is 9.95. The van der Waals surface area contributed by atoms with Crippen molar-refractivity contribution in [1.29, 1.82) is 0 Å². The predicted octanol–water partition coefficient (Wildman–Crippen LogP) is 2.33. The number of aromatic nitrogens is 1. The standard InChI is InChI=1S/C15H18N2O/c1-11(6-8-16)15(18)10-12-7-9-17-14-5-3-2-4-13(12)14/h2-5,7,9,11H,6,8,10,16H2,1H3. The fraction of sp³-hybridized carbons (Fsp3) is 0.333. The van der Waals surface area contributed by atoms with Gasteiger partial charge in [0.1, 0.15) is 5.78 Å². The molecule has 0 aliphatic heterocycles. The molecule has 2 N–H and O–H groups in total. The summed E-state index contributed by atoms with van der Waals surface area (Å²) < 4.78 is 0. The largest absolute Gasteiger partial charge is 0.330 e. The Morgan fingerprint density at radius 2 is 2.11 bits per heavy atom. The highest BCUT2D eigenvalue weighted by Gasteiger charge is 2.14. The van der Waals surface area contributed by atoms with Gasteiger partial charge in [0, 0.05) is 23.9 Å². The molecule has 18 heavy (non-hydrogen) atoms. The van der Waals surface area contributed by atoms with Gasteiger partial charge in [-0.25, -0.2) is 0 Å². The minimum absolute atomic E-state index is 0.0296. The Bertz CT molecular complexity index is 546. The number of carbonyl (C=O) groups excluding carboxylic acids is 1. The van der Waals surface area contributed by atoms with E-state index in [0.717, 1.165) is 22.9 Å². The van der Waals surface area contributed by atoms with Crippen molar-refractivity contribution in [2.75, 3.05) is 6.54 Å². The third-order valence-corrected chi connectivity index (χ3v) is 3.25. The first kappa shape index (κ1) is 12.7. The molecule has 3 heteroatoms. The molecule has 1 aromatic carbocycles. The van der Waals surface area contributed by atoms with Gasteiger partial charge in [-0.05, 0) is 30.7 Å². The number of ketones is 1. The van der Waals surface area contributed by atoms with Gasteiger partial charge in [0.15, 0.2) is 0 Å². The van der Waals surface area contributed by atoms with Crippen LogP contribution in [0.2, 0.25) is 0 Å². The third kappa shape index (κ3) is 2.74. The molecule has 0 radical (unpaired) electrons. The number of nitrogens with zero attached hydrogens (tertiary/aromatic N) is 1. The molecule has 0 spiro atoms. The molecule has 1 atom stereocenters. The molecule has 0 saturated carbocycles. The number of nitrogens with two attached hydrogens (primary N) is 1. The van der Waals surface area contributed by atoms with Crippen molar-refractivity contribution in [2.24, 2.45) is 11.7 Å². The van der Waals surface area contributed by atoms with E-state index in [9.17, 15) is 4.79 Å². The highest BCUT2D eigenvalue weighted by Crippen LogP contribution is 2.18. The molecule has 94 valence electrons. The predicted molar refractivity (Wildman–Crippen MR) is 73.3 cm³/mol. The molecule has 2 rings (SSSR count). The number of pyridine rings is 1. The Morgan fingerprint density at radius 3 is 2.89 bits per heavy atom. The van der Waals surface area contributed by atoms with E-state index in [1.807, 2.05) is 37.3 Å². The first-order valence-corrected chi connectivity index (χ1v) is 6.27. The maximum absolute atomic E-state index is 12.1. The number of hydrogen-bond acceptors (Lipinski definition) is 3. The first-order chi connectivity index (χ1) is 8.72. The lowest BCUT2D eigenvalue weighted by Crippen LogP contribution is -2.17. The summed E-state index contributed by atoms with van der Waals surface area (Å²) in [6, 6.07) is 9.83. The molecule has 1 aromatic heterocycles. The van der Waals surface area contributed by atoms with Crippen LogP contribution in [0.1, 0.15) is 18.9 Å². The fourth-order valence-electron chi connectivity index (χ4n) is 2.08. The van der Waals surface area contributed by atoms with E-state index in [4.69, 9.17) is 5.73 Å². The summed E-state index contributed by atoms with van der Waals surface area (Å²) in [6.07, 6.45) is 2.98. The Balaban J connectivity index is 2.24.